The van der Waals surface area contributed by atoms with E-state index < -0.39 is 0 Å². The SMILES string of the molecule is CCC[C@@H](C)NC(=O)C[NH+]1CC[NH+](CC(=O)Nc2cccc(F)c2)CC1. The first-order valence-electron chi connectivity index (χ1n) is 9.48. The molecule has 0 saturated carbocycles. The molecule has 26 heavy (non-hydrogen) atoms. The number of benzene rings is 1. The number of quaternary nitrogens is 2. The van der Waals surface area contributed by atoms with Crippen LogP contribution in [0.5, 0.6) is 0 Å². The molecule has 0 aromatic heterocycles. The van der Waals surface area contributed by atoms with Gasteiger partial charge in [-0.1, -0.05) is 19.4 Å². The minimum absolute atomic E-state index is 0.105. The molecule has 0 bridgehead atoms. The third-order valence-corrected chi connectivity index (χ3v) is 4.72. The lowest BCUT2D eigenvalue weighted by Crippen LogP contribution is -3.28. The smallest absolute Gasteiger partial charge is 0.279 e. The highest BCUT2D eigenvalue weighted by molar-refractivity contribution is 5.91. The summed E-state index contributed by atoms with van der Waals surface area (Å²) in [5.41, 5.74) is 0.483. The van der Waals surface area contributed by atoms with E-state index in [1.54, 1.807) is 12.1 Å². The molecule has 2 rings (SSSR count). The fourth-order valence-electron chi connectivity index (χ4n) is 3.37. The fraction of sp³-hybridized carbons (Fsp3) is 0.579. The predicted octanol–water partition coefficient (Wildman–Crippen LogP) is -1.15. The van der Waals surface area contributed by atoms with E-state index in [1.165, 1.54) is 21.9 Å². The second kappa shape index (κ2) is 10.2. The van der Waals surface area contributed by atoms with Crippen molar-refractivity contribution in [1.82, 2.24) is 5.32 Å². The largest absolute Gasteiger partial charge is 0.349 e. The van der Waals surface area contributed by atoms with Gasteiger partial charge in [-0.25, -0.2) is 4.39 Å². The minimum Gasteiger partial charge on any atom is -0.349 e. The van der Waals surface area contributed by atoms with E-state index in [1.807, 2.05) is 6.92 Å². The van der Waals surface area contributed by atoms with Crippen LogP contribution in [0.4, 0.5) is 10.1 Å². The number of carbonyl (C=O) groups excluding carboxylic acids is 2. The number of hydrogen-bond donors (Lipinski definition) is 4. The number of carbonyl (C=O) groups is 2. The van der Waals surface area contributed by atoms with E-state index >= 15 is 0 Å². The number of piperazine rings is 1. The number of rotatable bonds is 8. The van der Waals surface area contributed by atoms with Crippen molar-refractivity contribution in [1.29, 1.82) is 0 Å². The first kappa shape index (κ1) is 20.3. The molecule has 1 heterocycles. The summed E-state index contributed by atoms with van der Waals surface area (Å²) in [5, 5.41) is 5.78. The van der Waals surface area contributed by atoms with Crippen molar-refractivity contribution in [3.63, 3.8) is 0 Å². The summed E-state index contributed by atoms with van der Waals surface area (Å²) in [7, 11) is 0. The Kier molecular flexibility index (Phi) is 8.00. The van der Waals surface area contributed by atoms with Gasteiger partial charge in [0.1, 0.15) is 32.0 Å². The zero-order valence-corrected chi connectivity index (χ0v) is 15.7. The van der Waals surface area contributed by atoms with Crippen molar-refractivity contribution in [3.8, 4) is 0 Å². The second-order valence-electron chi connectivity index (χ2n) is 7.17. The predicted molar refractivity (Wildman–Crippen MR) is 98.7 cm³/mol. The zero-order valence-electron chi connectivity index (χ0n) is 15.7. The van der Waals surface area contributed by atoms with E-state index in [2.05, 4.69) is 17.6 Å². The van der Waals surface area contributed by atoms with E-state index in [0.717, 1.165) is 39.0 Å². The molecule has 1 aliphatic heterocycles. The molecule has 4 N–H and O–H groups in total. The number of hydrogen-bond acceptors (Lipinski definition) is 2. The fourth-order valence-corrected chi connectivity index (χ4v) is 3.37. The average molecular weight is 366 g/mol. The van der Waals surface area contributed by atoms with Gasteiger partial charge < -0.3 is 20.4 Å². The molecule has 0 spiro atoms. The molecule has 0 unspecified atom stereocenters. The highest BCUT2D eigenvalue weighted by atomic mass is 19.1. The number of halogens is 1. The van der Waals surface area contributed by atoms with E-state index in [9.17, 15) is 14.0 Å². The molecular formula is C19H31FN4O2+2. The van der Waals surface area contributed by atoms with Crippen molar-refractivity contribution in [2.45, 2.75) is 32.7 Å². The lowest BCUT2D eigenvalue weighted by Gasteiger charge is -2.29. The summed E-state index contributed by atoms with van der Waals surface area (Å²) in [5.74, 6) is -0.368. The first-order valence-corrected chi connectivity index (χ1v) is 9.48. The highest BCUT2D eigenvalue weighted by Crippen LogP contribution is 2.08. The molecule has 1 aliphatic rings. The molecule has 1 aromatic carbocycles. The quantitative estimate of drug-likeness (QED) is 0.470. The van der Waals surface area contributed by atoms with E-state index in [4.69, 9.17) is 0 Å². The third kappa shape index (κ3) is 7.09. The van der Waals surface area contributed by atoms with Gasteiger partial charge in [-0.05, 0) is 31.5 Å². The van der Waals surface area contributed by atoms with E-state index in [0.29, 0.717) is 18.8 Å². The molecule has 0 aliphatic carbocycles. The summed E-state index contributed by atoms with van der Waals surface area (Å²) >= 11 is 0. The molecule has 0 radical (unpaired) electrons. The van der Waals surface area contributed by atoms with Crippen LogP contribution >= 0.6 is 0 Å². The molecule has 1 aromatic rings. The zero-order chi connectivity index (χ0) is 18.9. The number of nitrogens with one attached hydrogen (secondary N) is 4. The summed E-state index contributed by atoms with van der Waals surface area (Å²) in [6, 6.07) is 6.14. The molecular weight excluding hydrogens is 335 g/mol. The van der Waals surface area contributed by atoms with Crippen LogP contribution in [0.1, 0.15) is 26.7 Å². The van der Waals surface area contributed by atoms with Crippen LogP contribution < -0.4 is 20.4 Å². The monoisotopic (exact) mass is 366 g/mol. The summed E-state index contributed by atoms with van der Waals surface area (Å²) < 4.78 is 13.2. The van der Waals surface area contributed by atoms with Crippen molar-refractivity contribution in [3.05, 3.63) is 30.1 Å². The van der Waals surface area contributed by atoms with Crippen molar-refractivity contribution in [2.75, 3.05) is 44.6 Å². The van der Waals surface area contributed by atoms with Gasteiger partial charge in [-0.2, -0.15) is 0 Å². The molecule has 2 amide bonds. The lowest BCUT2D eigenvalue weighted by molar-refractivity contribution is -1.00. The van der Waals surface area contributed by atoms with Gasteiger partial charge in [-0.15, -0.1) is 0 Å². The molecule has 6 nitrogen and oxygen atoms in total. The summed E-state index contributed by atoms with van der Waals surface area (Å²) in [6.07, 6.45) is 2.06. The Bertz CT molecular complexity index is 603. The van der Waals surface area contributed by atoms with Crippen LogP contribution in [-0.2, 0) is 9.59 Å². The van der Waals surface area contributed by atoms with Gasteiger partial charge in [0.05, 0.1) is 0 Å². The number of amides is 2. The Hall–Kier alpha value is -1.99. The van der Waals surface area contributed by atoms with Crippen molar-refractivity contribution in [2.24, 2.45) is 0 Å². The van der Waals surface area contributed by atoms with Gasteiger partial charge in [0, 0.05) is 11.7 Å². The van der Waals surface area contributed by atoms with Crippen LogP contribution in [0.3, 0.4) is 0 Å². The first-order chi connectivity index (χ1) is 12.5. The highest BCUT2D eigenvalue weighted by Gasteiger charge is 2.26. The molecule has 1 atom stereocenters. The van der Waals surface area contributed by atoms with Gasteiger partial charge in [-0.3, -0.25) is 9.59 Å². The average Bonchev–Trinajstić information content (AvgIpc) is 2.56. The van der Waals surface area contributed by atoms with Crippen molar-refractivity contribution >= 4 is 17.5 Å². The maximum Gasteiger partial charge on any atom is 0.279 e. The van der Waals surface area contributed by atoms with Gasteiger partial charge in [0.2, 0.25) is 0 Å². The van der Waals surface area contributed by atoms with Crippen LogP contribution in [0, 0.1) is 5.82 Å². The number of anilines is 1. The Morgan fingerprint density at radius 2 is 1.73 bits per heavy atom. The van der Waals surface area contributed by atoms with Gasteiger partial charge >= 0.3 is 0 Å². The summed E-state index contributed by atoms with van der Waals surface area (Å²) in [4.78, 5) is 26.6. The molecule has 7 heteroatoms. The topological polar surface area (TPSA) is 67.1 Å². The van der Waals surface area contributed by atoms with Crippen LogP contribution in [0.15, 0.2) is 24.3 Å². The van der Waals surface area contributed by atoms with Crippen LogP contribution in [-0.4, -0.2) is 57.1 Å². The summed E-state index contributed by atoms with van der Waals surface area (Å²) in [6.45, 7) is 8.46. The Balaban J connectivity index is 1.68. The standard InChI is InChI=1S/C19H29FN4O2/c1-3-5-15(2)21-18(25)13-23-8-10-24(11-9-23)14-19(26)22-17-7-4-6-16(20)12-17/h4,6-7,12,15H,3,5,8-11,13-14H2,1-2H3,(H,21,25)(H,22,26)/p+2/t15-/m1/s1. The minimum atomic E-state index is -0.362. The van der Waals surface area contributed by atoms with Crippen LogP contribution in [0.25, 0.3) is 0 Å². The second-order valence-corrected chi connectivity index (χ2v) is 7.17. The molecule has 1 saturated heterocycles. The molecule has 144 valence electrons. The third-order valence-electron chi connectivity index (χ3n) is 4.72. The lowest BCUT2D eigenvalue weighted by atomic mass is 10.2. The molecule has 1 fully saturated rings. The maximum atomic E-state index is 13.2. The Morgan fingerprint density at radius 3 is 2.31 bits per heavy atom. The van der Waals surface area contributed by atoms with Crippen molar-refractivity contribution < 1.29 is 23.8 Å². The normalized spacial score (nSPS) is 21.0. The Morgan fingerprint density at radius 1 is 1.12 bits per heavy atom. The maximum absolute atomic E-state index is 13.2. The van der Waals surface area contributed by atoms with Gasteiger partial charge in [0.25, 0.3) is 11.8 Å². The van der Waals surface area contributed by atoms with E-state index in [-0.39, 0.29) is 23.7 Å². The van der Waals surface area contributed by atoms with Gasteiger partial charge in [0.15, 0.2) is 13.1 Å². The van der Waals surface area contributed by atoms with Crippen LogP contribution in [0.2, 0.25) is 0 Å². The Labute approximate surface area is 154 Å².